The number of aromatic hydroxyl groups is 1. The summed E-state index contributed by atoms with van der Waals surface area (Å²) in [5, 5.41) is 17.8. The Morgan fingerprint density at radius 1 is 1.53 bits per heavy atom. The van der Waals surface area contributed by atoms with Crippen molar-refractivity contribution >= 4 is 49.9 Å². The molecule has 0 saturated carbocycles. The van der Waals surface area contributed by atoms with Crippen LogP contribution in [0.15, 0.2) is 26.8 Å². The number of nitrogens with two attached hydrogens (primary N) is 1. The van der Waals surface area contributed by atoms with Gasteiger partial charge in [-0.2, -0.15) is 0 Å². The van der Waals surface area contributed by atoms with Gasteiger partial charge in [-0.15, -0.1) is 10.2 Å². The zero-order valence-electron chi connectivity index (χ0n) is 8.86. The number of aromatic nitrogens is 1. The second-order valence-corrected chi connectivity index (χ2v) is 4.80. The summed E-state index contributed by atoms with van der Waals surface area (Å²) in [5.41, 5.74) is 7.36. The van der Waals surface area contributed by atoms with Crippen molar-refractivity contribution in [2.75, 3.05) is 0 Å². The Morgan fingerprint density at radius 2 is 2.24 bits per heavy atom. The van der Waals surface area contributed by atoms with E-state index in [0.717, 1.165) is 20.9 Å². The van der Waals surface area contributed by atoms with Gasteiger partial charge in [0.05, 0.1) is 5.52 Å². The van der Waals surface area contributed by atoms with Crippen LogP contribution in [0.3, 0.4) is 0 Å². The highest BCUT2D eigenvalue weighted by molar-refractivity contribution is 9.10. The second-order valence-electron chi connectivity index (χ2n) is 3.53. The molecule has 0 aliphatic rings. The number of hydrogen-bond acceptors (Lipinski definition) is 3. The fourth-order valence-electron chi connectivity index (χ4n) is 1.56. The zero-order chi connectivity index (χ0) is 12.6. The van der Waals surface area contributed by atoms with E-state index in [9.17, 15) is 5.11 Å². The van der Waals surface area contributed by atoms with Gasteiger partial charge in [0.2, 0.25) is 11.0 Å². The van der Waals surface area contributed by atoms with Gasteiger partial charge in [-0.05, 0) is 52.8 Å². The summed E-state index contributed by atoms with van der Waals surface area (Å²) in [5.74, 6) is -0.0636. The Bertz CT molecular complexity index is 635. The Labute approximate surface area is 111 Å². The largest absolute Gasteiger partial charge is 0.493 e. The third-order valence-electron chi connectivity index (χ3n) is 2.21. The van der Waals surface area contributed by atoms with E-state index in [1.54, 1.807) is 0 Å². The number of halogens is 1. The van der Waals surface area contributed by atoms with Crippen LogP contribution in [0.5, 0.6) is 5.88 Å². The highest BCUT2D eigenvalue weighted by Crippen LogP contribution is 2.39. The van der Waals surface area contributed by atoms with Crippen molar-refractivity contribution in [3.05, 3.63) is 22.2 Å². The minimum Gasteiger partial charge on any atom is -0.493 e. The standard InChI is InChI=1S/C10H9BrN4OS/c1-4-2-5-7(6(11)3-4)13-9(16)8(5)14-15-10(12)17/h2-3,13,16H,1H3,(H2,12,17). The smallest absolute Gasteiger partial charge is 0.218 e. The molecule has 0 aliphatic carbocycles. The molecule has 7 heteroatoms. The first-order valence-electron chi connectivity index (χ1n) is 4.71. The molecular weight excluding hydrogens is 304 g/mol. The van der Waals surface area contributed by atoms with Crippen LogP contribution in [-0.4, -0.2) is 15.2 Å². The summed E-state index contributed by atoms with van der Waals surface area (Å²) in [6, 6.07) is 3.83. The van der Waals surface area contributed by atoms with Crippen molar-refractivity contribution in [1.82, 2.24) is 4.98 Å². The number of fused-ring (bicyclic) bond motifs is 1. The maximum absolute atomic E-state index is 9.75. The van der Waals surface area contributed by atoms with Gasteiger partial charge >= 0.3 is 0 Å². The van der Waals surface area contributed by atoms with Gasteiger partial charge in [-0.25, -0.2) is 0 Å². The van der Waals surface area contributed by atoms with Gasteiger partial charge in [0.15, 0.2) is 5.69 Å². The molecule has 0 atom stereocenters. The number of nitrogens with zero attached hydrogens (tertiary/aromatic N) is 2. The molecule has 1 aromatic heterocycles. The highest BCUT2D eigenvalue weighted by Gasteiger charge is 2.13. The maximum atomic E-state index is 9.75. The summed E-state index contributed by atoms with van der Waals surface area (Å²) in [6.07, 6.45) is 0. The van der Waals surface area contributed by atoms with Crippen LogP contribution in [0.4, 0.5) is 5.69 Å². The minimum atomic E-state index is -0.0783. The van der Waals surface area contributed by atoms with E-state index in [-0.39, 0.29) is 11.0 Å². The SMILES string of the molecule is Cc1cc(Br)c2[nH]c(O)c(N=NC(N)=S)c2c1. The quantitative estimate of drug-likeness (QED) is 0.558. The molecule has 0 saturated heterocycles. The van der Waals surface area contributed by atoms with Gasteiger partial charge in [-0.3, -0.25) is 0 Å². The molecular formula is C10H9BrN4OS. The molecule has 17 heavy (non-hydrogen) atoms. The van der Waals surface area contributed by atoms with Crippen LogP contribution in [0.25, 0.3) is 10.9 Å². The first-order valence-corrected chi connectivity index (χ1v) is 5.91. The summed E-state index contributed by atoms with van der Waals surface area (Å²) in [4.78, 5) is 2.82. The number of H-pyrrole nitrogens is 1. The normalized spacial score (nSPS) is 11.4. The van der Waals surface area contributed by atoms with Crippen molar-refractivity contribution in [1.29, 1.82) is 0 Å². The molecule has 0 amide bonds. The lowest BCUT2D eigenvalue weighted by Crippen LogP contribution is -2.01. The van der Waals surface area contributed by atoms with Crippen LogP contribution in [0.1, 0.15) is 5.56 Å². The molecule has 5 nitrogen and oxygen atoms in total. The number of aromatic amines is 1. The second kappa shape index (κ2) is 4.42. The van der Waals surface area contributed by atoms with Crippen LogP contribution in [-0.2, 0) is 0 Å². The molecule has 0 radical (unpaired) electrons. The number of thiocarbonyl (C=S) groups is 1. The Hall–Kier alpha value is -1.47. The summed E-state index contributed by atoms with van der Waals surface area (Å²) in [6.45, 7) is 1.95. The first-order chi connectivity index (χ1) is 7.99. The third-order valence-corrected chi connectivity index (χ3v) is 2.91. The van der Waals surface area contributed by atoms with E-state index < -0.39 is 0 Å². The highest BCUT2D eigenvalue weighted by atomic mass is 79.9. The predicted molar refractivity (Wildman–Crippen MR) is 73.7 cm³/mol. The van der Waals surface area contributed by atoms with Crippen molar-refractivity contribution in [3.8, 4) is 5.88 Å². The van der Waals surface area contributed by atoms with Crippen LogP contribution in [0, 0.1) is 6.92 Å². The molecule has 2 rings (SSSR count). The summed E-state index contributed by atoms with van der Waals surface area (Å²) < 4.78 is 0.847. The van der Waals surface area contributed by atoms with Crippen molar-refractivity contribution < 1.29 is 5.11 Å². The summed E-state index contributed by atoms with van der Waals surface area (Å²) in [7, 11) is 0. The van der Waals surface area contributed by atoms with Crippen molar-refractivity contribution in [3.63, 3.8) is 0 Å². The fraction of sp³-hybridized carbons (Fsp3) is 0.100. The van der Waals surface area contributed by atoms with Crippen LogP contribution >= 0.6 is 28.1 Å². The van der Waals surface area contributed by atoms with E-state index >= 15 is 0 Å². The molecule has 2 aromatic rings. The minimum absolute atomic E-state index is 0.0636. The van der Waals surface area contributed by atoms with Gasteiger partial charge in [-0.1, -0.05) is 0 Å². The van der Waals surface area contributed by atoms with E-state index in [1.807, 2.05) is 19.1 Å². The number of rotatable bonds is 1. The van der Waals surface area contributed by atoms with E-state index in [1.165, 1.54) is 0 Å². The molecule has 0 spiro atoms. The molecule has 0 unspecified atom stereocenters. The van der Waals surface area contributed by atoms with Gasteiger partial charge in [0.25, 0.3) is 0 Å². The third kappa shape index (κ3) is 2.29. The van der Waals surface area contributed by atoms with Crippen molar-refractivity contribution in [2.45, 2.75) is 6.92 Å². The van der Waals surface area contributed by atoms with Crippen LogP contribution < -0.4 is 5.73 Å². The molecule has 0 bridgehead atoms. The van der Waals surface area contributed by atoms with E-state index in [4.69, 9.17) is 5.73 Å². The maximum Gasteiger partial charge on any atom is 0.218 e. The molecule has 88 valence electrons. The molecule has 0 fully saturated rings. The summed E-state index contributed by atoms with van der Waals surface area (Å²) >= 11 is 8.01. The lowest BCUT2D eigenvalue weighted by atomic mass is 10.1. The monoisotopic (exact) mass is 312 g/mol. The van der Waals surface area contributed by atoms with E-state index in [0.29, 0.717) is 5.69 Å². The average Bonchev–Trinajstić information content (AvgIpc) is 2.52. The fourth-order valence-corrected chi connectivity index (χ4v) is 2.28. The van der Waals surface area contributed by atoms with Gasteiger partial charge in [0, 0.05) is 9.86 Å². The molecule has 1 aromatic carbocycles. The average molecular weight is 313 g/mol. The first kappa shape index (κ1) is 12.0. The Kier molecular flexibility index (Phi) is 3.12. The van der Waals surface area contributed by atoms with Gasteiger partial charge < -0.3 is 15.8 Å². The van der Waals surface area contributed by atoms with Crippen LogP contribution in [0.2, 0.25) is 0 Å². The zero-order valence-corrected chi connectivity index (χ0v) is 11.3. The number of nitrogens with one attached hydrogen (secondary N) is 1. The lowest BCUT2D eigenvalue weighted by molar-refractivity contribution is 0.459. The molecule has 0 aliphatic heterocycles. The number of benzene rings is 1. The molecule has 4 N–H and O–H groups in total. The number of azo groups is 1. The lowest BCUT2D eigenvalue weighted by Gasteiger charge is -1.97. The van der Waals surface area contributed by atoms with Crippen molar-refractivity contribution in [2.24, 2.45) is 16.0 Å². The Morgan fingerprint density at radius 3 is 2.88 bits per heavy atom. The molecule has 1 heterocycles. The predicted octanol–water partition coefficient (Wildman–Crippen LogP) is 3.27. The van der Waals surface area contributed by atoms with E-state index in [2.05, 4.69) is 43.4 Å². The Balaban J connectivity index is 2.70. The van der Waals surface area contributed by atoms with Gasteiger partial charge in [0.1, 0.15) is 0 Å². The topological polar surface area (TPSA) is 86.8 Å². The number of hydrogen-bond donors (Lipinski definition) is 3. The number of aryl methyl sites for hydroxylation is 1.